The fraction of sp³-hybridized carbons (Fsp3) is 0.333. The number of benzene rings is 1. The fourth-order valence-electron chi connectivity index (χ4n) is 2.83. The minimum atomic E-state index is 0.551. The lowest BCUT2D eigenvalue weighted by atomic mass is 9.80. The van der Waals surface area contributed by atoms with Gasteiger partial charge in [0.05, 0.1) is 3.79 Å². The van der Waals surface area contributed by atoms with Crippen molar-refractivity contribution in [2.75, 3.05) is 13.1 Å². The molecule has 1 saturated heterocycles. The average Bonchev–Trinajstić information content (AvgIpc) is 2.86. The molecular weight excluding hydrogens is 386 g/mol. The number of piperidine rings is 1. The van der Waals surface area contributed by atoms with Gasteiger partial charge in [-0.3, -0.25) is 0 Å². The molecule has 1 aliphatic heterocycles. The Balaban J connectivity index is 1.96. The topological polar surface area (TPSA) is 12.0 Å². The average molecular weight is 401 g/mol. The van der Waals surface area contributed by atoms with Crippen molar-refractivity contribution in [2.24, 2.45) is 0 Å². The van der Waals surface area contributed by atoms with Gasteiger partial charge >= 0.3 is 0 Å². The predicted molar refractivity (Wildman–Crippen MR) is 89.1 cm³/mol. The highest BCUT2D eigenvalue weighted by molar-refractivity contribution is 9.11. The molecule has 0 spiro atoms. The van der Waals surface area contributed by atoms with Crippen molar-refractivity contribution in [2.45, 2.75) is 18.3 Å². The van der Waals surface area contributed by atoms with Gasteiger partial charge in [-0.05, 0) is 52.7 Å². The number of rotatable bonds is 2. The van der Waals surface area contributed by atoms with Crippen LogP contribution in [0.25, 0.3) is 0 Å². The fourth-order valence-corrected chi connectivity index (χ4v) is 5.03. The lowest BCUT2D eigenvalue weighted by Crippen LogP contribution is -2.33. The van der Waals surface area contributed by atoms with Crippen molar-refractivity contribution in [3.63, 3.8) is 0 Å². The smallest absolute Gasteiger partial charge is 0.0701 e. The third-order valence-corrected chi connectivity index (χ3v) is 6.22. The number of hydrogen-bond donors (Lipinski definition) is 1. The molecule has 2 heterocycles. The number of halogens is 2. The third-order valence-electron chi connectivity index (χ3n) is 3.75. The number of hydrogen-bond acceptors (Lipinski definition) is 2. The maximum absolute atomic E-state index is 3.70. The molecular formula is C15H15Br2NS. The second-order valence-corrected chi connectivity index (χ2v) is 8.22. The van der Waals surface area contributed by atoms with Gasteiger partial charge in [-0.15, -0.1) is 11.3 Å². The molecule has 0 bridgehead atoms. The first kappa shape index (κ1) is 13.8. The minimum Gasteiger partial charge on any atom is -0.316 e. The van der Waals surface area contributed by atoms with Crippen LogP contribution in [-0.4, -0.2) is 13.1 Å². The van der Waals surface area contributed by atoms with Gasteiger partial charge in [-0.1, -0.05) is 34.1 Å². The van der Waals surface area contributed by atoms with Gasteiger partial charge in [0.25, 0.3) is 0 Å². The lowest BCUT2D eigenvalue weighted by molar-refractivity contribution is 0.407. The van der Waals surface area contributed by atoms with Crippen LogP contribution in [0.3, 0.4) is 0 Å². The molecule has 0 amide bonds. The van der Waals surface area contributed by atoms with Crippen molar-refractivity contribution in [1.82, 2.24) is 5.32 Å². The summed E-state index contributed by atoms with van der Waals surface area (Å²) in [7, 11) is 0. The molecule has 1 aliphatic rings. The second kappa shape index (κ2) is 6.08. The molecule has 1 N–H and O–H groups in total. The Bertz CT molecular complexity index is 567. The monoisotopic (exact) mass is 399 g/mol. The van der Waals surface area contributed by atoms with Crippen molar-refractivity contribution >= 4 is 43.2 Å². The summed E-state index contributed by atoms with van der Waals surface area (Å²) in [6.45, 7) is 2.17. The van der Waals surface area contributed by atoms with Crippen molar-refractivity contribution < 1.29 is 0 Å². The maximum Gasteiger partial charge on any atom is 0.0701 e. The summed E-state index contributed by atoms with van der Waals surface area (Å²) >= 11 is 9.16. The standard InChI is InChI=1S/C15H15Br2NS/c16-13-4-2-1-3-10(13)12-9-18-8-7-11(12)14-5-6-15(17)19-14/h1-6,11-12,18H,7-9H2. The van der Waals surface area contributed by atoms with Gasteiger partial charge < -0.3 is 5.32 Å². The van der Waals surface area contributed by atoms with E-state index in [0.29, 0.717) is 11.8 Å². The highest BCUT2D eigenvalue weighted by Gasteiger charge is 2.29. The Hall–Kier alpha value is -0.160. The van der Waals surface area contributed by atoms with Crippen LogP contribution < -0.4 is 5.32 Å². The Morgan fingerprint density at radius 1 is 1.05 bits per heavy atom. The van der Waals surface area contributed by atoms with Crippen molar-refractivity contribution in [1.29, 1.82) is 0 Å². The van der Waals surface area contributed by atoms with Gasteiger partial charge in [-0.2, -0.15) is 0 Å². The van der Waals surface area contributed by atoms with Crippen LogP contribution in [-0.2, 0) is 0 Å². The second-order valence-electron chi connectivity index (χ2n) is 4.87. The molecule has 2 unspecified atom stereocenters. The Labute approximate surface area is 134 Å². The van der Waals surface area contributed by atoms with E-state index in [-0.39, 0.29) is 0 Å². The van der Waals surface area contributed by atoms with Gasteiger partial charge in [0.15, 0.2) is 0 Å². The Morgan fingerprint density at radius 3 is 2.63 bits per heavy atom. The predicted octanol–water partition coefficient (Wildman–Crippen LogP) is 5.13. The van der Waals surface area contributed by atoms with Gasteiger partial charge in [0, 0.05) is 27.7 Å². The maximum atomic E-state index is 3.70. The van der Waals surface area contributed by atoms with E-state index in [2.05, 4.69) is 73.6 Å². The van der Waals surface area contributed by atoms with E-state index >= 15 is 0 Å². The normalized spacial score (nSPS) is 23.5. The first-order chi connectivity index (χ1) is 9.25. The molecule has 2 aromatic rings. The Kier molecular flexibility index (Phi) is 4.42. The summed E-state index contributed by atoms with van der Waals surface area (Å²) in [5, 5.41) is 3.54. The van der Waals surface area contributed by atoms with Gasteiger partial charge in [0.2, 0.25) is 0 Å². The van der Waals surface area contributed by atoms with E-state index in [4.69, 9.17) is 0 Å². The highest BCUT2D eigenvalue weighted by Crippen LogP contribution is 2.42. The molecule has 1 fully saturated rings. The van der Waals surface area contributed by atoms with Crippen LogP contribution in [0.2, 0.25) is 0 Å². The summed E-state index contributed by atoms with van der Waals surface area (Å²) in [5.74, 6) is 1.17. The van der Waals surface area contributed by atoms with Crippen LogP contribution in [0.15, 0.2) is 44.7 Å². The molecule has 0 radical (unpaired) electrons. The van der Waals surface area contributed by atoms with Crippen LogP contribution in [0.4, 0.5) is 0 Å². The van der Waals surface area contributed by atoms with E-state index in [1.165, 1.54) is 25.1 Å². The van der Waals surface area contributed by atoms with Crippen LogP contribution in [0.5, 0.6) is 0 Å². The van der Waals surface area contributed by atoms with E-state index < -0.39 is 0 Å². The van der Waals surface area contributed by atoms with Crippen LogP contribution in [0, 0.1) is 0 Å². The summed E-state index contributed by atoms with van der Waals surface area (Å²) < 4.78 is 2.45. The molecule has 1 aromatic carbocycles. The first-order valence-electron chi connectivity index (χ1n) is 6.46. The molecule has 19 heavy (non-hydrogen) atoms. The van der Waals surface area contributed by atoms with Crippen molar-refractivity contribution in [3.8, 4) is 0 Å². The van der Waals surface area contributed by atoms with E-state index in [9.17, 15) is 0 Å². The van der Waals surface area contributed by atoms with Gasteiger partial charge in [-0.25, -0.2) is 0 Å². The molecule has 0 aliphatic carbocycles. The van der Waals surface area contributed by atoms with E-state index in [0.717, 1.165) is 13.1 Å². The molecule has 1 aromatic heterocycles. The first-order valence-corrected chi connectivity index (χ1v) is 8.86. The van der Waals surface area contributed by atoms with E-state index in [1.54, 1.807) is 0 Å². The molecule has 1 nitrogen and oxygen atoms in total. The third kappa shape index (κ3) is 2.97. The Morgan fingerprint density at radius 2 is 1.89 bits per heavy atom. The lowest BCUT2D eigenvalue weighted by Gasteiger charge is -2.32. The zero-order valence-corrected chi connectivity index (χ0v) is 14.4. The SMILES string of the molecule is Brc1ccc(C2CCNCC2c2ccccc2Br)s1. The summed E-state index contributed by atoms with van der Waals surface area (Å²) in [5.41, 5.74) is 1.42. The summed E-state index contributed by atoms with van der Waals surface area (Å²) in [4.78, 5) is 1.49. The molecule has 0 saturated carbocycles. The van der Waals surface area contributed by atoms with E-state index in [1.807, 2.05) is 11.3 Å². The zero-order chi connectivity index (χ0) is 13.2. The molecule has 4 heteroatoms. The van der Waals surface area contributed by atoms with Crippen molar-refractivity contribution in [3.05, 3.63) is 55.1 Å². The number of nitrogens with one attached hydrogen (secondary N) is 1. The van der Waals surface area contributed by atoms with Gasteiger partial charge in [0.1, 0.15) is 0 Å². The highest BCUT2D eigenvalue weighted by atomic mass is 79.9. The molecule has 3 rings (SSSR count). The van der Waals surface area contributed by atoms with Crippen LogP contribution in [0.1, 0.15) is 28.7 Å². The van der Waals surface area contributed by atoms with Crippen LogP contribution >= 0.6 is 43.2 Å². The summed E-state index contributed by atoms with van der Waals surface area (Å²) in [6.07, 6.45) is 1.21. The summed E-state index contributed by atoms with van der Waals surface area (Å²) in [6, 6.07) is 13.0. The molecule has 2 atom stereocenters. The quantitative estimate of drug-likeness (QED) is 0.736. The zero-order valence-electron chi connectivity index (χ0n) is 10.4. The molecule has 100 valence electrons. The minimum absolute atomic E-state index is 0.551. The largest absolute Gasteiger partial charge is 0.316 e. The number of thiophene rings is 1.